The monoisotopic (exact) mass is 362 g/mol. The quantitative estimate of drug-likeness (QED) is 0.852. The standard InChI is InChI=1S/C19H28BFN2O3/c1-11(2)23-14-10-12(20-25-18(5,6)19(7,8)26-20)9-13(21)15(14)22-16(23)17(3,4)24/h9-11,24H,1-8H3. The minimum atomic E-state index is -1.18. The number of rotatable bonds is 3. The van der Waals surface area contributed by atoms with Crippen LogP contribution in [0.5, 0.6) is 0 Å². The molecule has 142 valence electrons. The fraction of sp³-hybridized carbons (Fsp3) is 0.632. The lowest BCUT2D eigenvalue weighted by molar-refractivity contribution is 0.00578. The van der Waals surface area contributed by atoms with E-state index < -0.39 is 29.7 Å². The molecule has 0 atom stereocenters. The largest absolute Gasteiger partial charge is 0.495 e. The number of hydrogen-bond donors (Lipinski definition) is 1. The molecule has 0 bridgehead atoms. The van der Waals surface area contributed by atoms with Crippen LogP contribution in [0.3, 0.4) is 0 Å². The zero-order chi connectivity index (χ0) is 19.7. The molecule has 1 N–H and O–H groups in total. The van der Waals surface area contributed by atoms with Gasteiger partial charge in [-0.3, -0.25) is 0 Å². The van der Waals surface area contributed by atoms with Crippen LogP contribution in [0.25, 0.3) is 11.0 Å². The van der Waals surface area contributed by atoms with E-state index in [1.165, 1.54) is 6.07 Å². The molecule has 1 aromatic carbocycles. The third kappa shape index (κ3) is 2.96. The van der Waals surface area contributed by atoms with Gasteiger partial charge in [-0.05, 0) is 73.0 Å². The van der Waals surface area contributed by atoms with Crippen LogP contribution in [0.1, 0.15) is 67.3 Å². The van der Waals surface area contributed by atoms with Crippen LogP contribution in [0.4, 0.5) is 4.39 Å². The minimum Gasteiger partial charge on any atom is -0.399 e. The predicted molar refractivity (Wildman–Crippen MR) is 101 cm³/mol. The van der Waals surface area contributed by atoms with Crippen molar-refractivity contribution in [3.63, 3.8) is 0 Å². The van der Waals surface area contributed by atoms with Crippen molar-refractivity contribution < 1.29 is 18.8 Å². The number of imidazole rings is 1. The molecule has 1 aliphatic heterocycles. The van der Waals surface area contributed by atoms with Crippen molar-refractivity contribution >= 4 is 23.6 Å². The van der Waals surface area contributed by atoms with E-state index in [2.05, 4.69) is 4.98 Å². The summed E-state index contributed by atoms with van der Waals surface area (Å²) < 4.78 is 28.9. The number of aliphatic hydroxyl groups is 1. The average Bonchev–Trinajstić information content (AvgIpc) is 2.94. The molecule has 0 saturated carbocycles. The number of fused-ring (bicyclic) bond motifs is 1. The molecule has 3 rings (SSSR count). The summed E-state index contributed by atoms with van der Waals surface area (Å²) in [6.07, 6.45) is 0. The Hall–Kier alpha value is -1.44. The second kappa shape index (κ2) is 5.78. The summed E-state index contributed by atoms with van der Waals surface area (Å²) in [5.74, 6) is -0.00965. The number of aromatic nitrogens is 2. The predicted octanol–water partition coefficient (Wildman–Crippen LogP) is 3.28. The molecule has 2 aromatic rings. The molecular weight excluding hydrogens is 334 g/mol. The smallest absolute Gasteiger partial charge is 0.399 e. The highest BCUT2D eigenvalue weighted by Crippen LogP contribution is 2.37. The maximum Gasteiger partial charge on any atom is 0.495 e. The highest BCUT2D eigenvalue weighted by atomic mass is 19.1. The molecule has 1 aromatic heterocycles. The normalized spacial score (nSPS) is 19.7. The molecule has 2 heterocycles. The minimum absolute atomic E-state index is 0.00868. The van der Waals surface area contributed by atoms with Crippen LogP contribution in [0.2, 0.25) is 0 Å². The second-order valence-electron chi connectivity index (χ2n) is 8.92. The van der Waals surface area contributed by atoms with Crippen molar-refractivity contribution in [1.82, 2.24) is 9.55 Å². The van der Waals surface area contributed by atoms with Gasteiger partial charge >= 0.3 is 7.12 Å². The maximum atomic E-state index is 14.9. The molecule has 1 saturated heterocycles. The van der Waals surface area contributed by atoms with Crippen molar-refractivity contribution in [2.75, 3.05) is 0 Å². The van der Waals surface area contributed by atoms with Gasteiger partial charge in [0.2, 0.25) is 0 Å². The van der Waals surface area contributed by atoms with E-state index in [1.807, 2.05) is 52.2 Å². The zero-order valence-electron chi connectivity index (χ0n) is 16.8. The summed E-state index contributed by atoms with van der Waals surface area (Å²) >= 11 is 0. The van der Waals surface area contributed by atoms with E-state index in [4.69, 9.17) is 9.31 Å². The Morgan fingerprint density at radius 2 is 1.69 bits per heavy atom. The third-order valence-electron chi connectivity index (χ3n) is 5.36. The first-order chi connectivity index (χ1) is 11.7. The van der Waals surface area contributed by atoms with Gasteiger partial charge in [-0.25, -0.2) is 9.37 Å². The van der Waals surface area contributed by atoms with E-state index in [1.54, 1.807) is 13.8 Å². The van der Waals surface area contributed by atoms with E-state index in [0.717, 1.165) is 0 Å². The Balaban J connectivity index is 2.18. The molecule has 0 spiro atoms. The molecule has 1 fully saturated rings. The Bertz CT molecular complexity index is 837. The number of hydrogen-bond acceptors (Lipinski definition) is 4. The zero-order valence-corrected chi connectivity index (χ0v) is 16.8. The summed E-state index contributed by atoms with van der Waals surface area (Å²) in [4.78, 5) is 4.39. The van der Waals surface area contributed by atoms with Gasteiger partial charge in [0, 0.05) is 6.04 Å². The Morgan fingerprint density at radius 1 is 1.15 bits per heavy atom. The lowest BCUT2D eigenvalue weighted by atomic mass is 9.79. The highest BCUT2D eigenvalue weighted by Gasteiger charge is 2.52. The lowest BCUT2D eigenvalue weighted by Gasteiger charge is -2.32. The molecule has 0 amide bonds. The molecule has 26 heavy (non-hydrogen) atoms. The topological polar surface area (TPSA) is 56.5 Å². The van der Waals surface area contributed by atoms with Gasteiger partial charge in [-0.15, -0.1) is 0 Å². The van der Waals surface area contributed by atoms with Crippen LogP contribution in [0, 0.1) is 5.82 Å². The SMILES string of the molecule is CC(C)n1c(C(C)(C)O)nc2c(F)cc(B3OC(C)(C)C(C)(C)O3)cc21. The summed E-state index contributed by atoms with van der Waals surface area (Å²) in [6.45, 7) is 15.1. The van der Waals surface area contributed by atoms with E-state index in [0.29, 0.717) is 16.8 Å². The van der Waals surface area contributed by atoms with Crippen LogP contribution >= 0.6 is 0 Å². The fourth-order valence-electron chi connectivity index (χ4n) is 3.24. The number of benzene rings is 1. The van der Waals surface area contributed by atoms with Gasteiger partial charge in [-0.1, -0.05) is 0 Å². The van der Waals surface area contributed by atoms with Gasteiger partial charge in [-0.2, -0.15) is 0 Å². The van der Waals surface area contributed by atoms with Crippen LogP contribution in [0.15, 0.2) is 12.1 Å². The van der Waals surface area contributed by atoms with Crippen LogP contribution < -0.4 is 5.46 Å². The van der Waals surface area contributed by atoms with Crippen molar-refractivity contribution in [2.45, 2.75) is 78.2 Å². The average molecular weight is 362 g/mol. The summed E-state index contributed by atoms with van der Waals surface area (Å²) in [5, 5.41) is 10.5. The molecule has 7 heteroatoms. The molecule has 5 nitrogen and oxygen atoms in total. The Labute approximate surface area is 154 Å². The highest BCUT2D eigenvalue weighted by molar-refractivity contribution is 6.62. The van der Waals surface area contributed by atoms with Crippen molar-refractivity contribution in [3.05, 3.63) is 23.8 Å². The molecule has 1 aliphatic rings. The second-order valence-corrected chi connectivity index (χ2v) is 8.92. The maximum absolute atomic E-state index is 14.9. The lowest BCUT2D eigenvalue weighted by Crippen LogP contribution is -2.41. The first kappa shape index (κ1) is 19.3. The van der Waals surface area contributed by atoms with Crippen molar-refractivity contribution in [3.8, 4) is 0 Å². The fourth-order valence-corrected chi connectivity index (χ4v) is 3.24. The molecule has 0 aliphatic carbocycles. The summed E-state index contributed by atoms with van der Waals surface area (Å²) in [6, 6.07) is 3.27. The first-order valence-electron chi connectivity index (χ1n) is 9.04. The molecule has 0 radical (unpaired) electrons. The van der Waals surface area contributed by atoms with Gasteiger partial charge in [0.25, 0.3) is 0 Å². The van der Waals surface area contributed by atoms with Gasteiger partial charge in [0.05, 0.1) is 16.7 Å². The Kier molecular flexibility index (Phi) is 4.30. The van der Waals surface area contributed by atoms with Crippen LogP contribution in [-0.4, -0.2) is 33.0 Å². The first-order valence-corrected chi connectivity index (χ1v) is 9.04. The van der Waals surface area contributed by atoms with Gasteiger partial charge < -0.3 is 19.0 Å². The van der Waals surface area contributed by atoms with E-state index in [-0.39, 0.29) is 11.6 Å². The van der Waals surface area contributed by atoms with Crippen molar-refractivity contribution in [1.29, 1.82) is 0 Å². The van der Waals surface area contributed by atoms with E-state index in [9.17, 15) is 9.50 Å². The van der Waals surface area contributed by atoms with E-state index >= 15 is 0 Å². The van der Waals surface area contributed by atoms with Gasteiger partial charge in [0.15, 0.2) is 5.82 Å². The van der Waals surface area contributed by atoms with Crippen LogP contribution in [-0.2, 0) is 14.9 Å². The third-order valence-corrected chi connectivity index (χ3v) is 5.36. The number of nitrogens with zero attached hydrogens (tertiary/aromatic N) is 2. The van der Waals surface area contributed by atoms with Crippen molar-refractivity contribution in [2.24, 2.45) is 0 Å². The molecular formula is C19H28BFN2O3. The summed E-state index contributed by atoms with van der Waals surface area (Å²) in [5.41, 5.74) is -0.699. The Morgan fingerprint density at radius 3 is 2.15 bits per heavy atom. The number of halogens is 1. The van der Waals surface area contributed by atoms with Gasteiger partial charge in [0.1, 0.15) is 16.9 Å². The molecule has 0 unspecified atom stereocenters. The summed E-state index contributed by atoms with van der Waals surface area (Å²) in [7, 11) is -0.653.